The molecule has 0 spiro atoms. The molecular weight excluding hydrogens is 500 g/mol. The summed E-state index contributed by atoms with van der Waals surface area (Å²) in [6.07, 6.45) is -1.41. The molecule has 0 radical (unpaired) electrons. The lowest BCUT2D eigenvalue weighted by Crippen LogP contribution is -2.32. The molecule has 1 heterocycles. The van der Waals surface area contributed by atoms with Gasteiger partial charge in [0, 0.05) is 6.42 Å². The molecule has 35 heavy (non-hydrogen) atoms. The molecule has 190 valence electrons. The largest absolute Gasteiger partial charge is 0.497 e. The fraction of sp³-hybridized carbons (Fsp3) is 0.364. The first kappa shape index (κ1) is 27.8. The van der Waals surface area contributed by atoms with Gasteiger partial charge in [0.25, 0.3) is 5.91 Å². The van der Waals surface area contributed by atoms with Crippen LogP contribution in [0, 0.1) is 6.92 Å². The molecular formula is C22H26N2O9S2. The van der Waals surface area contributed by atoms with Crippen molar-refractivity contribution in [3.63, 3.8) is 0 Å². The van der Waals surface area contributed by atoms with Crippen LogP contribution in [0.5, 0.6) is 5.75 Å². The number of hydrogen-bond acceptors (Lipinski definition) is 10. The third-order valence-corrected chi connectivity index (χ3v) is 7.51. The molecule has 0 unspecified atom stereocenters. The van der Waals surface area contributed by atoms with Crippen LogP contribution in [0.3, 0.4) is 0 Å². The minimum absolute atomic E-state index is 0.0252. The predicted octanol–water partition coefficient (Wildman–Crippen LogP) is 2.93. The van der Waals surface area contributed by atoms with E-state index in [4.69, 9.17) is 14.2 Å². The molecule has 0 bridgehead atoms. The Kier molecular flexibility index (Phi) is 9.78. The van der Waals surface area contributed by atoms with Gasteiger partial charge in [-0.25, -0.2) is 18.0 Å². The lowest BCUT2D eigenvalue weighted by Gasteiger charge is -2.09. The van der Waals surface area contributed by atoms with Crippen LogP contribution in [0.1, 0.15) is 45.9 Å². The van der Waals surface area contributed by atoms with Crippen LogP contribution < -0.4 is 15.4 Å². The summed E-state index contributed by atoms with van der Waals surface area (Å²) in [6.45, 7) is 4.76. The zero-order chi connectivity index (χ0) is 26.2. The van der Waals surface area contributed by atoms with E-state index < -0.39 is 45.9 Å². The summed E-state index contributed by atoms with van der Waals surface area (Å²) in [4.78, 5) is 49.3. The Hall–Kier alpha value is -3.45. The van der Waals surface area contributed by atoms with Gasteiger partial charge in [-0.2, -0.15) is 0 Å². The van der Waals surface area contributed by atoms with Crippen molar-refractivity contribution < 1.29 is 41.8 Å². The van der Waals surface area contributed by atoms with E-state index in [2.05, 4.69) is 5.32 Å². The quantitative estimate of drug-likeness (QED) is 0.445. The van der Waals surface area contributed by atoms with Crippen molar-refractivity contribution >= 4 is 50.1 Å². The second kappa shape index (κ2) is 12.3. The summed E-state index contributed by atoms with van der Waals surface area (Å²) < 4.78 is 39.8. The van der Waals surface area contributed by atoms with E-state index in [9.17, 15) is 27.6 Å². The van der Waals surface area contributed by atoms with Gasteiger partial charge in [0.15, 0.2) is 9.84 Å². The second-order valence-corrected chi connectivity index (χ2v) is 10.1. The van der Waals surface area contributed by atoms with E-state index in [0.29, 0.717) is 5.75 Å². The Bertz CT molecular complexity index is 1200. The van der Waals surface area contributed by atoms with Crippen molar-refractivity contribution in [2.45, 2.75) is 32.1 Å². The molecule has 0 atom stereocenters. The molecule has 0 aliphatic carbocycles. The van der Waals surface area contributed by atoms with E-state index in [-0.39, 0.29) is 39.1 Å². The number of imide groups is 1. The van der Waals surface area contributed by atoms with E-state index in [1.54, 1.807) is 13.8 Å². The predicted molar refractivity (Wildman–Crippen MR) is 128 cm³/mol. The standard InChI is InChI=1S/C22H26N2O9S2/c1-5-32-21(27)18-13(3)17(19(26)24-22(28)33-6-2)20(34-18)23-16(25)11-12-35(29,30)15-9-7-14(31-4)8-10-15/h7-10H,5-6,11-12H2,1-4H3,(H,23,25)(H,24,26,28). The van der Waals surface area contributed by atoms with Crippen LogP contribution in [0.2, 0.25) is 0 Å². The van der Waals surface area contributed by atoms with Crippen molar-refractivity contribution in [1.82, 2.24) is 5.32 Å². The molecule has 3 amide bonds. The van der Waals surface area contributed by atoms with Crippen LogP contribution in [-0.4, -0.2) is 58.4 Å². The number of hydrogen-bond donors (Lipinski definition) is 2. The molecule has 2 N–H and O–H groups in total. The molecule has 1 aromatic carbocycles. The first-order chi connectivity index (χ1) is 16.5. The minimum Gasteiger partial charge on any atom is -0.497 e. The van der Waals surface area contributed by atoms with Crippen molar-refractivity contribution in [1.29, 1.82) is 0 Å². The highest BCUT2D eigenvalue weighted by Gasteiger charge is 2.28. The average molecular weight is 527 g/mol. The van der Waals surface area contributed by atoms with Gasteiger partial charge < -0.3 is 19.5 Å². The Morgan fingerprint density at radius 1 is 1.00 bits per heavy atom. The Balaban J connectivity index is 2.23. The fourth-order valence-corrected chi connectivity index (χ4v) is 5.26. The molecule has 2 aromatic rings. The number of thiophene rings is 1. The van der Waals surface area contributed by atoms with E-state index in [1.807, 2.05) is 5.32 Å². The van der Waals surface area contributed by atoms with Crippen molar-refractivity contribution in [3.05, 3.63) is 40.3 Å². The summed E-state index contributed by atoms with van der Waals surface area (Å²) in [7, 11) is -2.32. The number of sulfone groups is 1. The van der Waals surface area contributed by atoms with Gasteiger partial charge in [0.2, 0.25) is 5.91 Å². The molecule has 11 nitrogen and oxygen atoms in total. The van der Waals surface area contributed by atoms with Gasteiger partial charge in [-0.3, -0.25) is 14.9 Å². The molecule has 13 heteroatoms. The number of amides is 3. The lowest BCUT2D eigenvalue weighted by molar-refractivity contribution is -0.115. The van der Waals surface area contributed by atoms with Crippen LogP contribution in [0.15, 0.2) is 29.2 Å². The van der Waals surface area contributed by atoms with Gasteiger partial charge in [0.1, 0.15) is 15.6 Å². The molecule has 0 saturated heterocycles. The molecule has 0 fully saturated rings. The molecule has 0 aliphatic rings. The lowest BCUT2D eigenvalue weighted by atomic mass is 10.1. The second-order valence-electron chi connectivity index (χ2n) is 6.95. The number of nitrogens with one attached hydrogen (secondary N) is 2. The van der Waals surface area contributed by atoms with Gasteiger partial charge in [-0.1, -0.05) is 0 Å². The normalized spacial score (nSPS) is 10.9. The van der Waals surface area contributed by atoms with Crippen LogP contribution >= 0.6 is 11.3 Å². The number of alkyl carbamates (subject to hydrolysis) is 1. The van der Waals surface area contributed by atoms with Gasteiger partial charge in [-0.15, -0.1) is 11.3 Å². The van der Waals surface area contributed by atoms with Crippen molar-refractivity contribution in [2.75, 3.05) is 31.4 Å². The zero-order valence-electron chi connectivity index (χ0n) is 19.6. The Labute approximate surface area is 206 Å². The van der Waals surface area contributed by atoms with E-state index >= 15 is 0 Å². The topological polar surface area (TPSA) is 154 Å². The molecule has 1 aromatic heterocycles. The number of carbonyl (C=O) groups excluding carboxylic acids is 4. The summed E-state index contributed by atoms with van der Waals surface area (Å²) in [6, 6.07) is 5.73. The maximum atomic E-state index is 12.7. The first-order valence-electron chi connectivity index (χ1n) is 10.5. The smallest absolute Gasteiger partial charge is 0.414 e. The maximum Gasteiger partial charge on any atom is 0.414 e. The van der Waals surface area contributed by atoms with Gasteiger partial charge in [0.05, 0.1) is 36.5 Å². The molecule has 0 aliphatic heterocycles. The first-order valence-corrected chi connectivity index (χ1v) is 13.0. The Morgan fingerprint density at radius 3 is 2.20 bits per heavy atom. The maximum absolute atomic E-state index is 12.7. The van der Waals surface area contributed by atoms with Crippen LogP contribution in [0.4, 0.5) is 9.80 Å². The molecule has 2 rings (SSSR count). The number of carbonyl (C=O) groups is 4. The number of anilines is 1. The SMILES string of the molecule is CCOC(=O)NC(=O)c1c(NC(=O)CCS(=O)(=O)c2ccc(OC)cc2)sc(C(=O)OCC)c1C. The highest BCUT2D eigenvalue weighted by atomic mass is 32.2. The number of benzene rings is 1. The third-order valence-electron chi connectivity index (χ3n) is 4.60. The van der Waals surface area contributed by atoms with Crippen molar-refractivity contribution in [2.24, 2.45) is 0 Å². The Morgan fingerprint density at radius 2 is 1.63 bits per heavy atom. The number of ether oxygens (including phenoxy) is 3. The van der Waals surface area contributed by atoms with Crippen LogP contribution in [0.25, 0.3) is 0 Å². The summed E-state index contributed by atoms with van der Waals surface area (Å²) in [5.41, 5.74) is 0.0638. The summed E-state index contributed by atoms with van der Waals surface area (Å²) in [5, 5.41) is 4.46. The van der Waals surface area contributed by atoms with Crippen LogP contribution in [-0.2, 0) is 24.1 Å². The summed E-state index contributed by atoms with van der Waals surface area (Å²) in [5.74, 6) is -2.31. The number of rotatable bonds is 10. The highest BCUT2D eigenvalue weighted by Crippen LogP contribution is 2.34. The third kappa shape index (κ3) is 7.26. The van der Waals surface area contributed by atoms with Gasteiger partial charge >= 0.3 is 12.1 Å². The van der Waals surface area contributed by atoms with Gasteiger partial charge in [-0.05, 0) is 50.6 Å². The summed E-state index contributed by atoms with van der Waals surface area (Å²) >= 11 is 0.782. The fourth-order valence-electron chi connectivity index (χ4n) is 2.91. The number of methoxy groups -OCH3 is 1. The highest BCUT2D eigenvalue weighted by molar-refractivity contribution is 7.91. The average Bonchev–Trinajstić information content (AvgIpc) is 3.13. The van der Waals surface area contributed by atoms with Crippen molar-refractivity contribution in [3.8, 4) is 5.75 Å². The zero-order valence-corrected chi connectivity index (χ0v) is 21.3. The van der Waals surface area contributed by atoms with E-state index in [0.717, 1.165) is 11.3 Å². The monoisotopic (exact) mass is 526 g/mol. The van der Waals surface area contributed by atoms with E-state index in [1.165, 1.54) is 38.3 Å². The minimum atomic E-state index is -3.77. The molecule has 0 saturated carbocycles. The number of esters is 1.